The third kappa shape index (κ3) is 2.59. The fourth-order valence-electron chi connectivity index (χ4n) is 2.12. The number of nitrogens with zero attached hydrogens (tertiary/aromatic N) is 3. The molecule has 0 spiro atoms. The Labute approximate surface area is 112 Å². The largest absolute Gasteiger partial charge is 0.495 e. The number of hydrogen-bond donors (Lipinski definition) is 2. The zero-order valence-electron chi connectivity index (χ0n) is 11.4. The summed E-state index contributed by atoms with van der Waals surface area (Å²) in [5.74, 6) is 6.42. The molecule has 0 aliphatic heterocycles. The Kier molecular flexibility index (Phi) is 4.13. The fourth-order valence-corrected chi connectivity index (χ4v) is 2.12. The second kappa shape index (κ2) is 5.81. The van der Waals surface area contributed by atoms with Crippen LogP contribution in [0.3, 0.4) is 0 Å². The highest BCUT2D eigenvalue weighted by molar-refractivity contribution is 5.37. The van der Waals surface area contributed by atoms with Crippen LogP contribution in [0.25, 0.3) is 0 Å². The minimum atomic E-state index is -0.192. The number of pyridine rings is 1. The van der Waals surface area contributed by atoms with Gasteiger partial charge in [-0.1, -0.05) is 0 Å². The molecule has 102 valence electrons. The third-order valence-corrected chi connectivity index (χ3v) is 3.00. The van der Waals surface area contributed by atoms with E-state index in [0.717, 1.165) is 11.3 Å². The summed E-state index contributed by atoms with van der Waals surface area (Å²) in [6, 6.07) is 3.90. The topological polar surface area (TPSA) is 78.0 Å². The average Bonchev–Trinajstić information content (AvgIpc) is 2.89. The quantitative estimate of drug-likeness (QED) is 0.628. The number of rotatable bonds is 5. The molecule has 1 atom stereocenters. The Morgan fingerprint density at radius 1 is 1.32 bits per heavy atom. The maximum Gasteiger partial charge on any atom is 0.142 e. The average molecular weight is 261 g/mol. The van der Waals surface area contributed by atoms with E-state index in [1.807, 2.05) is 16.8 Å². The van der Waals surface area contributed by atoms with Crippen LogP contribution in [0.15, 0.2) is 30.7 Å². The summed E-state index contributed by atoms with van der Waals surface area (Å²) >= 11 is 0. The molecule has 3 N–H and O–H groups in total. The first-order chi connectivity index (χ1) is 9.19. The van der Waals surface area contributed by atoms with Crippen LogP contribution in [-0.2, 0) is 0 Å². The molecule has 19 heavy (non-hydrogen) atoms. The number of hydrogen-bond acceptors (Lipinski definition) is 5. The molecule has 0 aromatic carbocycles. The van der Waals surface area contributed by atoms with Crippen LogP contribution in [0.1, 0.15) is 37.2 Å². The fraction of sp³-hybridized carbons (Fsp3) is 0.385. The van der Waals surface area contributed by atoms with E-state index in [0.29, 0.717) is 5.75 Å². The van der Waals surface area contributed by atoms with Crippen molar-refractivity contribution in [3.8, 4) is 5.75 Å². The molecule has 0 amide bonds. The van der Waals surface area contributed by atoms with Gasteiger partial charge < -0.3 is 4.74 Å². The predicted octanol–water partition coefficient (Wildman–Crippen LogP) is 1.42. The molecule has 6 heteroatoms. The van der Waals surface area contributed by atoms with E-state index in [4.69, 9.17) is 10.6 Å². The van der Waals surface area contributed by atoms with Gasteiger partial charge >= 0.3 is 0 Å². The van der Waals surface area contributed by atoms with Crippen molar-refractivity contribution in [2.45, 2.75) is 25.9 Å². The first kappa shape index (κ1) is 13.5. The van der Waals surface area contributed by atoms with Gasteiger partial charge in [0.1, 0.15) is 5.75 Å². The van der Waals surface area contributed by atoms with Crippen LogP contribution in [0.2, 0.25) is 0 Å². The number of methoxy groups -OCH3 is 1. The lowest BCUT2D eigenvalue weighted by molar-refractivity contribution is 0.398. The monoisotopic (exact) mass is 261 g/mol. The molecule has 0 radical (unpaired) electrons. The van der Waals surface area contributed by atoms with Crippen molar-refractivity contribution in [3.05, 3.63) is 42.0 Å². The first-order valence-electron chi connectivity index (χ1n) is 6.16. The van der Waals surface area contributed by atoms with Gasteiger partial charge in [0, 0.05) is 24.0 Å². The van der Waals surface area contributed by atoms with Crippen molar-refractivity contribution in [1.29, 1.82) is 0 Å². The summed E-state index contributed by atoms with van der Waals surface area (Å²) in [5.41, 5.74) is 4.74. The maximum atomic E-state index is 5.72. The Morgan fingerprint density at radius 3 is 2.74 bits per heavy atom. The summed E-state index contributed by atoms with van der Waals surface area (Å²) in [7, 11) is 1.62. The SMILES string of the molecule is COc1cnccc1C(NN)c1ccnn1C(C)C. The molecule has 2 aromatic heterocycles. The Balaban J connectivity index is 2.47. The van der Waals surface area contributed by atoms with E-state index in [-0.39, 0.29) is 12.1 Å². The zero-order chi connectivity index (χ0) is 13.8. The van der Waals surface area contributed by atoms with Crippen molar-refractivity contribution in [1.82, 2.24) is 20.2 Å². The minimum absolute atomic E-state index is 0.192. The van der Waals surface area contributed by atoms with Gasteiger partial charge in [-0.2, -0.15) is 5.10 Å². The van der Waals surface area contributed by atoms with E-state index < -0.39 is 0 Å². The number of ether oxygens (including phenoxy) is 1. The normalized spacial score (nSPS) is 12.7. The molecule has 2 heterocycles. The van der Waals surface area contributed by atoms with Gasteiger partial charge in [-0.3, -0.25) is 15.5 Å². The minimum Gasteiger partial charge on any atom is -0.495 e. The molecular weight excluding hydrogens is 242 g/mol. The van der Waals surface area contributed by atoms with Crippen molar-refractivity contribution < 1.29 is 4.74 Å². The van der Waals surface area contributed by atoms with Gasteiger partial charge in [-0.25, -0.2) is 5.43 Å². The first-order valence-corrected chi connectivity index (χ1v) is 6.16. The van der Waals surface area contributed by atoms with Crippen LogP contribution in [0.5, 0.6) is 5.75 Å². The smallest absolute Gasteiger partial charge is 0.142 e. The van der Waals surface area contributed by atoms with Crippen LogP contribution in [0.4, 0.5) is 0 Å². The van der Waals surface area contributed by atoms with E-state index in [1.165, 1.54) is 0 Å². The van der Waals surface area contributed by atoms with E-state index in [1.54, 1.807) is 25.7 Å². The van der Waals surface area contributed by atoms with Gasteiger partial charge in [-0.05, 0) is 26.0 Å². The van der Waals surface area contributed by atoms with Gasteiger partial charge in [-0.15, -0.1) is 0 Å². The number of nitrogens with two attached hydrogens (primary N) is 1. The van der Waals surface area contributed by atoms with E-state index in [2.05, 4.69) is 29.4 Å². The second-order valence-corrected chi connectivity index (χ2v) is 4.51. The highest BCUT2D eigenvalue weighted by atomic mass is 16.5. The van der Waals surface area contributed by atoms with Crippen molar-refractivity contribution in [3.63, 3.8) is 0 Å². The molecule has 6 nitrogen and oxygen atoms in total. The standard InChI is InChI=1S/C13H19N5O/c1-9(2)18-11(5-7-16-18)13(17-14)10-4-6-15-8-12(10)19-3/h4-9,13,17H,14H2,1-3H3. The molecule has 0 saturated heterocycles. The molecule has 0 aliphatic rings. The van der Waals surface area contributed by atoms with E-state index in [9.17, 15) is 0 Å². The summed E-state index contributed by atoms with van der Waals surface area (Å²) in [4.78, 5) is 4.06. The van der Waals surface area contributed by atoms with Crippen molar-refractivity contribution >= 4 is 0 Å². The summed E-state index contributed by atoms with van der Waals surface area (Å²) < 4.78 is 7.27. The van der Waals surface area contributed by atoms with Gasteiger partial charge in [0.05, 0.1) is 25.0 Å². The second-order valence-electron chi connectivity index (χ2n) is 4.51. The predicted molar refractivity (Wildman–Crippen MR) is 72.6 cm³/mol. The van der Waals surface area contributed by atoms with E-state index >= 15 is 0 Å². The highest BCUT2D eigenvalue weighted by Crippen LogP contribution is 2.29. The molecule has 2 aromatic rings. The lowest BCUT2D eigenvalue weighted by atomic mass is 10.0. The van der Waals surface area contributed by atoms with Crippen LogP contribution < -0.4 is 16.0 Å². The molecule has 0 fully saturated rings. The summed E-state index contributed by atoms with van der Waals surface area (Å²) in [6.45, 7) is 4.15. The Morgan fingerprint density at radius 2 is 2.11 bits per heavy atom. The van der Waals surface area contributed by atoms with Crippen molar-refractivity contribution in [2.75, 3.05) is 7.11 Å². The third-order valence-electron chi connectivity index (χ3n) is 3.00. The zero-order valence-corrected chi connectivity index (χ0v) is 11.4. The molecule has 0 saturated carbocycles. The molecule has 0 bridgehead atoms. The Hall–Kier alpha value is -1.92. The van der Waals surface area contributed by atoms with Crippen molar-refractivity contribution in [2.24, 2.45) is 5.84 Å². The number of aromatic nitrogens is 3. The summed E-state index contributed by atoms with van der Waals surface area (Å²) in [5, 5.41) is 4.33. The van der Waals surface area contributed by atoms with Gasteiger partial charge in [0.25, 0.3) is 0 Å². The number of hydrazine groups is 1. The lowest BCUT2D eigenvalue weighted by Crippen LogP contribution is -2.31. The van der Waals surface area contributed by atoms with Gasteiger partial charge in [0.2, 0.25) is 0 Å². The van der Waals surface area contributed by atoms with Crippen LogP contribution in [0, 0.1) is 0 Å². The molecule has 0 aliphatic carbocycles. The summed E-state index contributed by atoms with van der Waals surface area (Å²) in [6.07, 6.45) is 5.17. The highest BCUT2D eigenvalue weighted by Gasteiger charge is 2.21. The van der Waals surface area contributed by atoms with Crippen LogP contribution in [-0.4, -0.2) is 21.9 Å². The molecular formula is C13H19N5O. The van der Waals surface area contributed by atoms with Gasteiger partial charge in [0.15, 0.2) is 0 Å². The Bertz CT molecular complexity index is 537. The molecule has 1 unspecified atom stereocenters. The number of nitrogens with one attached hydrogen (secondary N) is 1. The maximum absolute atomic E-state index is 5.72. The molecule has 2 rings (SSSR count). The lowest BCUT2D eigenvalue weighted by Gasteiger charge is -2.21. The van der Waals surface area contributed by atoms with Crippen LogP contribution >= 0.6 is 0 Å².